The van der Waals surface area contributed by atoms with Crippen molar-refractivity contribution >= 4 is 34.6 Å². The van der Waals surface area contributed by atoms with Crippen LogP contribution in [0.4, 0.5) is 22.7 Å². The summed E-state index contributed by atoms with van der Waals surface area (Å²) in [6, 6.07) is 20.8. The summed E-state index contributed by atoms with van der Waals surface area (Å²) < 4.78 is 0. The molecule has 3 N–H and O–H groups in total. The molecular formula is C22H20N4O4. The van der Waals surface area contributed by atoms with Crippen LogP contribution < -0.4 is 16.0 Å². The molecule has 3 rings (SSSR count). The molecule has 3 aromatic carbocycles. The molecule has 0 bridgehead atoms. The van der Waals surface area contributed by atoms with Gasteiger partial charge in [0.15, 0.2) is 0 Å². The molecule has 0 aliphatic carbocycles. The van der Waals surface area contributed by atoms with Crippen LogP contribution in [0.1, 0.15) is 15.9 Å². The van der Waals surface area contributed by atoms with Crippen molar-refractivity contribution in [3.05, 3.63) is 94.0 Å². The van der Waals surface area contributed by atoms with E-state index in [2.05, 4.69) is 16.0 Å². The van der Waals surface area contributed by atoms with Crippen LogP contribution in [0.2, 0.25) is 0 Å². The molecule has 0 spiro atoms. The largest absolute Gasteiger partial charge is 0.354 e. The van der Waals surface area contributed by atoms with Crippen molar-refractivity contribution in [1.29, 1.82) is 0 Å². The Hall–Kier alpha value is -4.20. The smallest absolute Gasteiger partial charge is 0.272 e. The van der Waals surface area contributed by atoms with E-state index in [1.807, 2.05) is 42.5 Å². The monoisotopic (exact) mass is 404 g/mol. The number of carbonyl (C=O) groups is 2. The number of nitro benzene ring substituents is 1. The highest BCUT2D eigenvalue weighted by Crippen LogP contribution is 2.25. The Bertz CT molecular complexity index is 1080. The summed E-state index contributed by atoms with van der Waals surface area (Å²) in [5.74, 6) is -0.886. The molecule has 0 saturated carbocycles. The summed E-state index contributed by atoms with van der Waals surface area (Å²) in [5.41, 5.74) is 2.73. The van der Waals surface area contributed by atoms with Gasteiger partial charge >= 0.3 is 0 Å². The normalized spacial score (nSPS) is 10.2. The van der Waals surface area contributed by atoms with Crippen LogP contribution in [-0.4, -0.2) is 23.3 Å². The molecule has 3 aromatic rings. The van der Waals surface area contributed by atoms with Crippen LogP contribution in [0.15, 0.2) is 72.8 Å². The fourth-order valence-electron chi connectivity index (χ4n) is 2.84. The van der Waals surface area contributed by atoms with Crippen LogP contribution in [0.25, 0.3) is 0 Å². The standard InChI is InChI=1S/C22H20N4O4/c1-15-13-16(11-12-20(15)26(29)30)22(28)23-14-21(27)25-19-10-6-5-9-18(19)24-17-7-3-2-4-8-17/h2-13,24H,14H2,1H3,(H,23,28)(H,25,27). The minimum atomic E-state index is -0.509. The van der Waals surface area contributed by atoms with Crippen LogP contribution in [0.5, 0.6) is 0 Å². The number of hydrogen-bond donors (Lipinski definition) is 3. The van der Waals surface area contributed by atoms with E-state index in [9.17, 15) is 19.7 Å². The molecular weight excluding hydrogens is 384 g/mol. The maximum Gasteiger partial charge on any atom is 0.272 e. The third kappa shape index (κ3) is 5.20. The minimum Gasteiger partial charge on any atom is -0.354 e. The second kappa shape index (κ2) is 9.33. The summed E-state index contributed by atoms with van der Waals surface area (Å²) in [6.45, 7) is 1.31. The van der Waals surface area contributed by atoms with E-state index in [1.54, 1.807) is 19.1 Å². The van der Waals surface area contributed by atoms with Gasteiger partial charge in [-0.05, 0) is 43.3 Å². The van der Waals surface area contributed by atoms with Crippen LogP contribution in [0.3, 0.4) is 0 Å². The number of nitrogens with one attached hydrogen (secondary N) is 3. The number of anilines is 3. The molecule has 0 saturated heterocycles. The van der Waals surface area contributed by atoms with Crippen LogP contribution in [0, 0.1) is 17.0 Å². The van der Waals surface area contributed by atoms with Gasteiger partial charge in [0.05, 0.1) is 22.8 Å². The third-order valence-electron chi connectivity index (χ3n) is 4.32. The van der Waals surface area contributed by atoms with Crippen molar-refractivity contribution in [3.63, 3.8) is 0 Å². The fourth-order valence-corrected chi connectivity index (χ4v) is 2.84. The van der Waals surface area contributed by atoms with E-state index < -0.39 is 16.7 Å². The summed E-state index contributed by atoms with van der Waals surface area (Å²) in [5, 5.41) is 19.4. The van der Waals surface area contributed by atoms with Gasteiger partial charge in [-0.15, -0.1) is 0 Å². The van der Waals surface area contributed by atoms with Crippen LogP contribution in [-0.2, 0) is 4.79 Å². The fraction of sp³-hybridized carbons (Fsp3) is 0.0909. The van der Waals surface area contributed by atoms with Crippen molar-refractivity contribution < 1.29 is 14.5 Å². The zero-order chi connectivity index (χ0) is 21.5. The highest BCUT2D eigenvalue weighted by Gasteiger charge is 2.15. The lowest BCUT2D eigenvalue weighted by Crippen LogP contribution is -2.33. The maximum atomic E-state index is 12.3. The number of carbonyl (C=O) groups excluding carboxylic acids is 2. The third-order valence-corrected chi connectivity index (χ3v) is 4.32. The number of hydrogen-bond acceptors (Lipinski definition) is 5. The zero-order valence-electron chi connectivity index (χ0n) is 16.2. The van der Waals surface area contributed by atoms with Gasteiger partial charge in [-0.25, -0.2) is 0 Å². The zero-order valence-corrected chi connectivity index (χ0v) is 16.2. The van der Waals surface area contributed by atoms with Crippen molar-refractivity contribution in [2.75, 3.05) is 17.2 Å². The average Bonchev–Trinajstić information content (AvgIpc) is 2.74. The Labute approximate surface area is 173 Å². The van der Waals surface area contributed by atoms with E-state index in [4.69, 9.17) is 0 Å². The summed E-state index contributed by atoms with van der Waals surface area (Å²) in [6.07, 6.45) is 0. The molecule has 0 fully saturated rings. The summed E-state index contributed by atoms with van der Waals surface area (Å²) >= 11 is 0. The van der Waals surface area contributed by atoms with E-state index in [0.29, 0.717) is 11.3 Å². The number of aryl methyl sites for hydroxylation is 1. The lowest BCUT2D eigenvalue weighted by molar-refractivity contribution is -0.385. The first-order valence-electron chi connectivity index (χ1n) is 9.18. The van der Waals surface area contributed by atoms with Gasteiger partial charge in [-0.2, -0.15) is 0 Å². The molecule has 8 heteroatoms. The predicted molar refractivity (Wildman–Crippen MR) is 115 cm³/mol. The van der Waals surface area contributed by atoms with E-state index >= 15 is 0 Å². The Morgan fingerprint density at radius 1 is 0.933 bits per heavy atom. The Kier molecular flexibility index (Phi) is 6.39. The van der Waals surface area contributed by atoms with E-state index in [-0.39, 0.29) is 17.8 Å². The van der Waals surface area contributed by atoms with Gasteiger partial charge in [0.2, 0.25) is 5.91 Å². The lowest BCUT2D eigenvalue weighted by Gasteiger charge is -2.13. The molecule has 0 aliphatic rings. The highest BCUT2D eigenvalue weighted by molar-refractivity contribution is 6.01. The Morgan fingerprint density at radius 3 is 2.27 bits per heavy atom. The lowest BCUT2D eigenvalue weighted by atomic mass is 10.1. The highest BCUT2D eigenvalue weighted by atomic mass is 16.6. The number of benzene rings is 3. The van der Waals surface area contributed by atoms with Crippen molar-refractivity contribution in [2.24, 2.45) is 0 Å². The van der Waals surface area contributed by atoms with Gasteiger partial charge in [0, 0.05) is 22.9 Å². The number of rotatable bonds is 7. The van der Waals surface area contributed by atoms with Gasteiger partial charge in [-0.3, -0.25) is 19.7 Å². The second-order valence-electron chi connectivity index (χ2n) is 6.53. The van der Waals surface area contributed by atoms with Crippen molar-refractivity contribution in [1.82, 2.24) is 5.32 Å². The molecule has 0 heterocycles. The topological polar surface area (TPSA) is 113 Å². The number of nitrogens with zero attached hydrogens (tertiary/aromatic N) is 1. The van der Waals surface area contributed by atoms with Gasteiger partial charge in [0.25, 0.3) is 11.6 Å². The Morgan fingerprint density at radius 2 is 1.60 bits per heavy atom. The Balaban J connectivity index is 1.61. The first kappa shape index (κ1) is 20.5. The van der Waals surface area contributed by atoms with Gasteiger partial charge in [0.1, 0.15) is 0 Å². The first-order valence-corrected chi connectivity index (χ1v) is 9.18. The molecule has 0 radical (unpaired) electrons. The van der Waals surface area contributed by atoms with E-state index in [0.717, 1.165) is 11.4 Å². The first-order chi connectivity index (χ1) is 14.4. The van der Waals surface area contributed by atoms with Crippen LogP contribution >= 0.6 is 0 Å². The predicted octanol–water partition coefficient (Wildman–Crippen LogP) is 4.02. The minimum absolute atomic E-state index is 0.0631. The summed E-state index contributed by atoms with van der Waals surface area (Å²) in [4.78, 5) is 35.0. The van der Waals surface area contributed by atoms with Crippen molar-refractivity contribution in [3.8, 4) is 0 Å². The van der Waals surface area contributed by atoms with Crippen molar-refractivity contribution in [2.45, 2.75) is 6.92 Å². The summed E-state index contributed by atoms with van der Waals surface area (Å²) in [7, 11) is 0. The molecule has 30 heavy (non-hydrogen) atoms. The number of nitro groups is 1. The van der Waals surface area contributed by atoms with Gasteiger partial charge < -0.3 is 16.0 Å². The molecule has 0 aromatic heterocycles. The molecule has 8 nitrogen and oxygen atoms in total. The molecule has 2 amide bonds. The SMILES string of the molecule is Cc1cc(C(=O)NCC(=O)Nc2ccccc2Nc2ccccc2)ccc1[N+](=O)[O-]. The maximum absolute atomic E-state index is 12.3. The molecule has 0 unspecified atom stereocenters. The quantitative estimate of drug-likeness (QED) is 0.407. The second-order valence-corrected chi connectivity index (χ2v) is 6.53. The molecule has 152 valence electrons. The number of para-hydroxylation sites is 3. The molecule has 0 aliphatic heterocycles. The molecule has 0 atom stereocenters. The average molecular weight is 404 g/mol. The van der Waals surface area contributed by atoms with E-state index in [1.165, 1.54) is 18.2 Å². The number of amides is 2. The van der Waals surface area contributed by atoms with Gasteiger partial charge in [-0.1, -0.05) is 30.3 Å².